The molecule has 1 heterocycles. The van der Waals surface area contributed by atoms with Crippen molar-refractivity contribution >= 4 is 5.69 Å². The van der Waals surface area contributed by atoms with Gasteiger partial charge in [-0.25, -0.2) is 0 Å². The molecule has 3 heteroatoms. The maximum atomic E-state index is 9.02. The molecule has 0 bridgehead atoms. The first-order valence-corrected chi connectivity index (χ1v) is 6.27. The fourth-order valence-electron chi connectivity index (χ4n) is 2.48. The lowest BCUT2D eigenvalue weighted by molar-refractivity contribution is 0.143. The van der Waals surface area contributed by atoms with E-state index in [0.717, 1.165) is 25.3 Å². The van der Waals surface area contributed by atoms with Crippen LogP contribution in [0.3, 0.4) is 0 Å². The van der Waals surface area contributed by atoms with Crippen molar-refractivity contribution in [2.75, 3.05) is 31.7 Å². The summed E-state index contributed by atoms with van der Waals surface area (Å²) in [6.45, 7) is 3.17. The maximum Gasteiger partial charge on any atom is 0.0681 e. The van der Waals surface area contributed by atoms with Gasteiger partial charge < -0.3 is 14.7 Å². The highest BCUT2D eigenvalue weighted by Gasteiger charge is 2.19. The summed E-state index contributed by atoms with van der Waals surface area (Å²) < 4.78 is 5.24. The monoisotopic (exact) mass is 235 g/mol. The number of aliphatic hydroxyl groups is 1. The van der Waals surface area contributed by atoms with Gasteiger partial charge in [0.2, 0.25) is 0 Å². The molecule has 0 amide bonds. The van der Waals surface area contributed by atoms with Crippen molar-refractivity contribution in [2.45, 2.75) is 19.4 Å². The van der Waals surface area contributed by atoms with Crippen LogP contribution in [-0.2, 0) is 11.3 Å². The lowest BCUT2D eigenvalue weighted by atomic mass is 9.98. The Kier molecular flexibility index (Phi) is 4.40. The van der Waals surface area contributed by atoms with Gasteiger partial charge in [0.05, 0.1) is 13.2 Å². The number of hydrogen-bond donors (Lipinski definition) is 1. The lowest BCUT2D eigenvalue weighted by Gasteiger charge is -2.34. The van der Waals surface area contributed by atoms with Crippen LogP contribution in [-0.4, -0.2) is 31.9 Å². The van der Waals surface area contributed by atoms with Crippen LogP contribution in [0.25, 0.3) is 0 Å². The van der Waals surface area contributed by atoms with E-state index in [0.29, 0.717) is 5.92 Å². The van der Waals surface area contributed by atoms with Gasteiger partial charge in [-0.15, -0.1) is 0 Å². The summed E-state index contributed by atoms with van der Waals surface area (Å²) in [6.07, 6.45) is 2.49. The molecule has 17 heavy (non-hydrogen) atoms. The highest BCUT2D eigenvalue weighted by Crippen LogP contribution is 2.23. The Morgan fingerprint density at radius 1 is 1.35 bits per heavy atom. The van der Waals surface area contributed by atoms with Gasteiger partial charge in [0, 0.05) is 25.9 Å². The molecule has 1 saturated heterocycles. The molecule has 1 aromatic carbocycles. The van der Waals surface area contributed by atoms with Crippen LogP contribution in [0, 0.1) is 5.92 Å². The molecule has 1 N–H and O–H groups in total. The minimum Gasteiger partial charge on any atom is -0.392 e. The van der Waals surface area contributed by atoms with Gasteiger partial charge in [0.1, 0.15) is 0 Å². The van der Waals surface area contributed by atoms with Gasteiger partial charge in [-0.05, 0) is 36.5 Å². The van der Waals surface area contributed by atoms with E-state index in [1.165, 1.54) is 18.5 Å². The summed E-state index contributed by atoms with van der Waals surface area (Å²) in [5.41, 5.74) is 2.22. The Bertz CT molecular complexity index is 335. The molecule has 0 spiro atoms. The van der Waals surface area contributed by atoms with Gasteiger partial charge in [0.25, 0.3) is 0 Å². The number of piperidine rings is 1. The number of benzene rings is 1. The van der Waals surface area contributed by atoms with Crippen molar-refractivity contribution in [3.8, 4) is 0 Å². The van der Waals surface area contributed by atoms with Crippen molar-refractivity contribution < 1.29 is 9.84 Å². The second-order valence-corrected chi connectivity index (χ2v) is 4.73. The first kappa shape index (κ1) is 12.4. The van der Waals surface area contributed by atoms with Crippen LogP contribution >= 0.6 is 0 Å². The van der Waals surface area contributed by atoms with Gasteiger partial charge in [-0.3, -0.25) is 0 Å². The molecule has 1 fully saturated rings. The third-order valence-corrected chi connectivity index (χ3v) is 3.41. The number of rotatable bonds is 4. The largest absolute Gasteiger partial charge is 0.392 e. The second kappa shape index (κ2) is 6.03. The standard InChI is InChI=1S/C14H21NO2/c1-17-11-13-3-2-8-15(9-13)14-6-4-12(10-16)5-7-14/h4-7,13,16H,2-3,8-11H2,1H3. The SMILES string of the molecule is COCC1CCCN(c2ccc(CO)cc2)C1. The van der Waals surface area contributed by atoms with E-state index in [4.69, 9.17) is 9.84 Å². The molecule has 1 aromatic rings. The lowest BCUT2D eigenvalue weighted by Crippen LogP contribution is -2.37. The topological polar surface area (TPSA) is 32.7 Å². The van der Waals surface area contributed by atoms with E-state index < -0.39 is 0 Å². The first-order chi connectivity index (χ1) is 8.33. The summed E-state index contributed by atoms with van der Waals surface area (Å²) in [5.74, 6) is 0.645. The molecule has 94 valence electrons. The molecule has 1 atom stereocenters. The van der Waals surface area contributed by atoms with Gasteiger partial charge in [0.15, 0.2) is 0 Å². The van der Waals surface area contributed by atoms with Crippen LogP contribution in [0.5, 0.6) is 0 Å². The van der Waals surface area contributed by atoms with Gasteiger partial charge in [-0.2, -0.15) is 0 Å². The summed E-state index contributed by atoms with van der Waals surface area (Å²) in [5, 5.41) is 9.02. The minimum absolute atomic E-state index is 0.118. The fourth-order valence-corrected chi connectivity index (χ4v) is 2.48. The number of ether oxygens (including phenoxy) is 1. The van der Waals surface area contributed by atoms with Crippen LogP contribution in [0.2, 0.25) is 0 Å². The Hall–Kier alpha value is -1.06. The summed E-state index contributed by atoms with van der Waals surface area (Å²) in [6, 6.07) is 8.19. The number of anilines is 1. The average molecular weight is 235 g/mol. The van der Waals surface area contributed by atoms with E-state index in [2.05, 4.69) is 17.0 Å². The zero-order valence-electron chi connectivity index (χ0n) is 10.4. The minimum atomic E-state index is 0.118. The van der Waals surface area contributed by atoms with Crippen molar-refractivity contribution in [2.24, 2.45) is 5.92 Å². The van der Waals surface area contributed by atoms with Crippen molar-refractivity contribution in [3.05, 3.63) is 29.8 Å². The third-order valence-electron chi connectivity index (χ3n) is 3.41. The predicted molar refractivity (Wildman–Crippen MR) is 69.2 cm³/mol. The Morgan fingerprint density at radius 3 is 2.76 bits per heavy atom. The van der Waals surface area contributed by atoms with Crippen LogP contribution < -0.4 is 4.90 Å². The molecule has 1 aliphatic rings. The molecule has 3 nitrogen and oxygen atoms in total. The smallest absolute Gasteiger partial charge is 0.0681 e. The van der Waals surface area contributed by atoms with E-state index in [-0.39, 0.29) is 6.61 Å². The highest BCUT2D eigenvalue weighted by molar-refractivity contribution is 5.47. The quantitative estimate of drug-likeness (QED) is 0.867. The summed E-state index contributed by atoms with van der Waals surface area (Å²) in [4.78, 5) is 2.41. The second-order valence-electron chi connectivity index (χ2n) is 4.73. The number of methoxy groups -OCH3 is 1. The number of hydrogen-bond acceptors (Lipinski definition) is 3. The molecule has 0 aliphatic carbocycles. The van der Waals surface area contributed by atoms with Gasteiger partial charge >= 0.3 is 0 Å². The Balaban J connectivity index is 2.00. The van der Waals surface area contributed by atoms with E-state index >= 15 is 0 Å². The van der Waals surface area contributed by atoms with Crippen molar-refractivity contribution in [1.29, 1.82) is 0 Å². The van der Waals surface area contributed by atoms with E-state index in [9.17, 15) is 0 Å². The normalized spacial score (nSPS) is 20.6. The Morgan fingerprint density at radius 2 is 2.12 bits per heavy atom. The zero-order valence-corrected chi connectivity index (χ0v) is 10.4. The highest BCUT2D eigenvalue weighted by atomic mass is 16.5. The van der Waals surface area contributed by atoms with E-state index in [1.807, 2.05) is 12.1 Å². The average Bonchev–Trinajstić information content (AvgIpc) is 2.40. The van der Waals surface area contributed by atoms with Crippen molar-refractivity contribution in [3.63, 3.8) is 0 Å². The molecule has 1 unspecified atom stereocenters. The van der Waals surface area contributed by atoms with Crippen LogP contribution in [0.15, 0.2) is 24.3 Å². The fraction of sp³-hybridized carbons (Fsp3) is 0.571. The molecule has 1 aliphatic heterocycles. The first-order valence-electron chi connectivity index (χ1n) is 6.27. The summed E-state index contributed by atoms with van der Waals surface area (Å²) in [7, 11) is 1.77. The van der Waals surface area contributed by atoms with Crippen molar-refractivity contribution in [1.82, 2.24) is 0 Å². The molecule has 2 rings (SSSR count). The van der Waals surface area contributed by atoms with E-state index in [1.54, 1.807) is 7.11 Å². The maximum absolute atomic E-state index is 9.02. The molecular weight excluding hydrogens is 214 g/mol. The molecule has 0 radical (unpaired) electrons. The molecular formula is C14H21NO2. The zero-order chi connectivity index (χ0) is 12.1. The third kappa shape index (κ3) is 3.20. The van der Waals surface area contributed by atoms with Gasteiger partial charge in [-0.1, -0.05) is 12.1 Å². The number of aliphatic hydroxyl groups excluding tert-OH is 1. The number of nitrogens with zero attached hydrogens (tertiary/aromatic N) is 1. The molecule has 0 saturated carbocycles. The van der Waals surface area contributed by atoms with Crippen LogP contribution in [0.1, 0.15) is 18.4 Å². The van der Waals surface area contributed by atoms with Crippen LogP contribution in [0.4, 0.5) is 5.69 Å². The Labute approximate surface area is 103 Å². The molecule has 0 aromatic heterocycles. The predicted octanol–water partition coefficient (Wildman–Crippen LogP) is 2.04. The summed E-state index contributed by atoms with van der Waals surface area (Å²) >= 11 is 0.